The van der Waals surface area contributed by atoms with Crippen molar-refractivity contribution in [1.29, 1.82) is 0 Å². The van der Waals surface area contributed by atoms with Gasteiger partial charge in [-0.2, -0.15) is 0 Å². The van der Waals surface area contributed by atoms with E-state index in [1.165, 1.54) is 29.7 Å². The first-order valence-electron chi connectivity index (χ1n) is 7.79. The number of hydrogen-bond acceptors (Lipinski definition) is 2. The van der Waals surface area contributed by atoms with Crippen LogP contribution < -0.4 is 10.1 Å². The molecule has 0 aliphatic heterocycles. The Morgan fingerprint density at radius 1 is 1.05 bits per heavy atom. The second-order valence-corrected chi connectivity index (χ2v) is 5.76. The van der Waals surface area contributed by atoms with Gasteiger partial charge in [0.15, 0.2) is 0 Å². The van der Waals surface area contributed by atoms with Crippen LogP contribution in [0.2, 0.25) is 0 Å². The summed E-state index contributed by atoms with van der Waals surface area (Å²) in [6.45, 7) is 2.21. The lowest BCUT2D eigenvalue weighted by Gasteiger charge is -2.37. The molecule has 0 amide bonds. The topological polar surface area (TPSA) is 21.3 Å². The standard InChI is InChI=1S/C19H23NO/c1-3-14-8-4-6-10-18(14)20-16-12-15(13-16)17-9-5-7-11-19(17)21-2/h4-11,15-16,20H,3,12-13H2,1-2H3. The lowest BCUT2D eigenvalue weighted by atomic mass is 9.75. The summed E-state index contributed by atoms with van der Waals surface area (Å²) in [6, 6.07) is 17.6. The van der Waals surface area contributed by atoms with Gasteiger partial charge < -0.3 is 10.1 Å². The van der Waals surface area contributed by atoms with E-state index in [0.717, 1.165) is 12.2 Å². The summed E-state index contributed by atoms with van der Waals surface area (Å²) in [4.78, 5) is 0. The summed E-state index contributed by atoms with van der Waals surface area (Å²) >= 11 is 0. The van der Waals surface area contributed by atoms with Crippen molar-refractivity contribution in [2.45, 2.75) is 38.1 Å². The fourth-order valence-corrected chi connectivity index (χ4v) is 3.18. The van der Waals surface area contributed by atoms with E-state index in [4.69, 9.17) is 4.74 Å². The second kappa shape index (κ2) is 6.21. The molecule has 0 radical (unpaired) electrons. The molecule has 0 atom stereocenters. The predicted octanol–water partition coefficient (Wildman–Crippen LogP) is 4.62. The van der Waals surface area contributed by atoms with Crippen LogP contribution in [0.1, 0.15) is 36.8 Å². The molecule has 2 aromatic rings. The largest absolute Gasteiger partial charge is 0.496 e. The average molecular weight is 281 g/mol. The third-order valence-electron chi connectivity index (χ3n) is 4.47. The first kappa shape index (κ1) is 14.0. The zero-order valence-electron chi connectivity index (χ0n) is 12.8. The fourth-order valence-electron chi connectivity index (χ4n) is 3.18. The van der Waals surface area contributed by atoms with Crippen molar-refractivity contribution in [3.8, 4) is 5.75 Å². The van der Waals surface area contributed by atoms with Crippen LogP contribution in [0, 0.1) is 0 Å². The molecule has 2 aromatic carbocycles. The Kier molecular flexibility index (Phi) is 4.14. The number of ether oxygens (including phenoxy) is 1. The van der Waals surface area contributed by atoms with E-state index in [0.29, 0.717) is 12.0 Å². The minimum absolute atomic E-state index is 0.576. The quantitative estimate of drug-likeness (QED) is 0.863. The summed E-state index contributed by atoms with van der Waals surface area (Å²) in [6.07, 6.45) is 3.43. The van der Waals surface area contributed by atoms with Crippen LogP contribution >= 0.6 is 0 Å². The molecule has 1 N–H and O–H groups in total. The number of nitrogens with one attached hydrogen (secondary N) is 1. The Morgan fingerprint density at radius 2 is 1.76 bits per heavy atom. The fraction of sp³-hybridized carbons (Fsp3) is 0.368. The van der Waals surface area contributed by atoms with Gasteiger partial charge in [-0.25, -0.2) is 0 Å². The molecule has 1 aliphatic rings. The lowest BCUT2D eigenvalue weighted by Crippen LogP contribution is -2.34. The molecule has 0 bridgehead atoms. The maximum absolute atomic E-state index is 5.47. The van der Waals surface area contributed by atoms with Crippen LogP contribution in [0.15, 0.2) is 48.5 Å². The summed E-state index contributed by atoms with van der Waals surface area (Å²) in [5.41, 5.74) is 4.04. The molecule has 2 nitrogen and oxygen atoms in total. The van der Waals surface area contributed by atoms with Gasteiger partial charge >= 0.3 is 0 Å². The maximum atomic E-state index is 5.47. The molecule has 0 saturated heterocycles. The molecule has 0 heterocycles. The zero-order chi connectivity index (χ0) is 14.7. The Morgan fingerprint density at radius 3 is 2.52 bits per heavy atom. The second-order valence-electron chi connectivity index (χ2n) is 5.76. The molecule has 0 spiro atoms. The molecule has 1 saturated carbocycles. The Hall–Kier alpha value is -1.96. The Bertz CT molecular complexity index is 602. The van der Waals surface area contributed by atoms with Gasteiger partial charge in [-0.15, -0.1) is 0 Å². The highest BCUT2D eigenvalue weighted by atomic mass is 16.5. The highest BCUT2D eigenvalue weighted by Crippen LogP contribution is 2.42. The van der Waals surface area contributed by atoms with Crippen molar-refractivity contribution >= 4 is 5.69 Å². The molecule has 2 heteroatoms. The van der Waals surface area contributed by atoms with Crippen molar-refractivity contribution in [1.82, 2.24) is 0 Å². The van der Waals surface area contributed by atoms with Crippen molar-refractivity contribution in [3.05, 3.63) is 59.7 Å². The van der Waals surface area contributed by atoms with Crippen LogP contribution in [0.5, 0.6) is 5.75 Å². The van der Waals surface area contributed by atoms with Crippen LogP contribution in [-0.4, -0.2) is 13.2 Å². The molecule has 1 aliphatic carbocycles. The number of benzene rings is 2. The van der Waals surface area contributed by atoms with Crippen LogP contribution in [-0.2, 0) is 6.42 Å². The van der Waals surface area contributed by atoms with E-state index >= 15 is 0 Å². The number of aryl methyl sites for hydroxylation is 1. The summed E-state index contributed by atoms with van der Waals surface area (Å²) in [7, 11) is 1.75. The van der Waals surface area contributed by atoms with Crippen molar-refractivity contribution < 1.29 is 4.74 Å². The van der Waals surface area contributed by atoms with Gasteiger partial charge in [0, 0.05) is 11.7 Å². The van der Waals surface area contributed by atoms with Gasteiger partial charge in [0.05, 0.1) is 7.11 Å². The molecular weight excluding hydrogens is 258 g/mol. The normalized spacial score (nSPS) is 20.7. The van der Waals surface area contributed by atoms with Crippen molar-refractivity contribution in [2.24, 2.45) is 0 Å². The minimum Gasteiger partial charge on any atom is -0.496 e. The predicted molar refractivity (Wildman–Crippen MR) is 88.2 cm³/mol. The third kappa shape index (κ3) is 2.90. The van der Waals surface area contributed by atoms with Crippen molar-refractivity contribution in [2.75, 3.05) is 12.4 Å². The number of anilines is 1. The summed E-state index contributed by atoms with van der Waals surface area (Å²) < 4.78 is 5.47. The molecular formula is C19H23NO. The van der Waals surface area contributed by atoms with Gasteiger partial charge in [0.25, 0.3) is 0 Å². The van der Waals surface area contributed by atoms with Gasteiger partial charge in [-0.3, -0.25) is 0 Å². The van der Waals surface area contributed by atoms with E-state index in [1.54, 1.807) is 7.11 Å². The highest BCUT2D eigenvalue weighted by Gasteiger charge is 2.32. The van der Waals surface area contributed by atoms with E-state index < -0.39 is 0 Å². The van der Waals surface area contributed by atoms with Gasteiger partial charge in [-0.1, -0.05) is 43.3 Å². The SMILES string of the molecule is CCc1ccccc1NC1CC(c2ccccc2OC)C1. The molecule has 3 rings (SSSR count). The number of rotatable bonds is 5. The average Bonchev–Trinajstić information content (AvgIpc) is 2.51. The highest BCUT2D eigenvalue weighted by molar-refractivity contribution is 5.52. The van der Waals surface area contributed by atoms with E-state index in [9.17, 15) is 0 Å². The van der Waals surface area contributed by atoms with Crippen molar-refractivity contribution in [3.63, 3.8) is 0 Å². The monoisotopic (exact) mass is 281 g/mol. The molecule has 1 fully saturated rings. The third-order valence-corrected chi connectivity index (χ3v) is 4.47. The first-order valence-corrected chi connectivity index (χ1v) is 7.79. The number of para-hydroxylation sites is 2. The Labute approximate surface area is 127 Å². The first-order chi connectivity index (χ1) is 10.3. The minimum atomic E-state index is 0.576. The maximum Gasteiger partial charge on any atom is 0.122 e. The smallest absolute Gasteiger partial charge is 0.122 e. The molecule has 0 unspecified atom stereocenters. The van der Waals surface area contributed by atoms with Gasteiger partial charge in [0.1, 0.15) is 5.75 Å². The van der Waals surface area contributed by atoms with E-state index in [1.807, 2.05) is 6.07 Å². The number of hydrogen-bond donors (Lipinski definition) is 1. The number of methoxy groups -OCH3 is 1. The summed E-state index contributed by atoms with van der Waals surface area (Å²) in [5.74, 6) is 1.64. The Balaban J connectivity index is 1.63. The summed E-state index contributed by atoms with van der Waals surface area (Å²) in [5, 5.41) is 3.69. The molecule has 21 heavy (non-hydrogen) atoms. The molecule has 110 valence electrons. The van der Waals surface area contributed by atoms with Gasteiger partial charge in [0.2, 0.25) is 0 Å². The van der Waals surface area contributed by atoms with Crippen LogP contribution in [0.3, 0.4) is 0 Å². The zero-order valence-corrected chi connectivity index (χ0v) is 12.8. The van der Waals surface area contributed by atoms with Gasteiger partial charge in [-0.05, 0) is 48.4 Å². The van der Waals surface area contributed by atoms with E-state index in [2.05, 4.69) is 54.7 Å². The molecule has 0 aromatic heterocycles. The van der Waals surface area contributed by atoms with Crippen LogP contribution in [0.25, 0.3) is 0 Å². The lowest BCUT2D eigenvalue weighted by molar-refractivity contribution is 0.349. The van der Waals surface area contributed by atoms with E-state index in [-0.39, 0.29) is 0 Å². The van der Waals surface area contributed by atoms with Crippen LogP contribution in [0.4, 0.5) is 5.69 Å².